The van der Waals surface area contributed by atoms with E-state index in [4.69, 9.17) is 21.1 Å². The zero-order valence-corrected chi connectivity index (χ0v) is 20.9. The van der Waals surface area contributed by atoms with Crippen LogP contribution in [0.3, 0.4) is 0 Å². The Kier molecular flexibility index (Phi) is 8.10. The van der Waals surface area contributed by atoms with Crippen LogP contribution in [0.15, 0.2) is 65.6 Å². The second kappa shape index (κ2) is 11.4. The first-order chi connectivity index (χ1) is 17.7. The summed E-state index contributed by atoms with van der Waals surface area (Å²) in [4.78, 5) is 38.4. The van der Waals surface area contributed by atoms with Gasteiger partial charge in [-0.05, 0) is 59.8 Å². The summed E-state index contributed by atoms with van der Waals surface area (Å²) in [6.45, 7) is -0.621. The lowest BCUT2D eigenvalue weighted by Gasteiger charge is -2.14. The summed E-state index contributed by atoms with van der Waals surface area (Å²) in [5.41, 5.74) is 0.973. The Morgan fingerprint density at radius 1 is 1.11 bits per heavy atom. The predicted molar refractivity (Wildman–Crippen MR) is 136 cm³/mol. The minimum absolute atomic E-state index is 0.0710. The van der Waals surface area contributed by atoms with E-state index in [0.29, 0.717) is 22.9 Å². The van der Waals surface area contributed by atoms with Gasteiger partial charge in [-0.15, -0.1) is 0 Å². The number of hydrogen-bond donors (Lipinski definition) is 1. The van der Waals surface area contributed by atoms with Gasteiger partial charge in [0.2, 0.25) is 5.91 Å². The molecule has 7 nitrogen and oxygen atoms in total. The molecule has 0 spiro atoms. The van der Waals surface area contributed by atoms with Crippen LogP contribution < -0.4 is 14.8 Å². The van der Waals surface area contributed by atoms with Crippen molar-refractivity contribution in [1.29, 1.82) is 0 Å². The van der Waals surface area contributed by atoms with Gasteiger partial charge in [0.15, 0.2) is 11.5 Å². The Labute approximate surface area is 220 Å². The molecule has 4 rings (SSSR count). The number of carbonyl (C=O) groups is 3. The van der Waals surface area contributed by atoms with Gasteiger partial charge in [0, 0.05) is 11.3 Å². The molecule has 0 unspecified atom stereocenters. The number of hydrogen-bond acceptors (Lipinski definition) is 6. The molecule has 1 saturated heterocycles. The van der Waals surface area contributed by atoms with E-state index in [0.717, 1.165) is 11.0 Å². The molecule has 1 fully saturated rings. The number of benzene rings is 3. The third-order valence-electron chi connectivity index (χ3n) is 5.16. The Balaban J connectivity index is 1.48. The van der Waals surface area contributed by atoms with Crippen LogP contribution in [0.1, 0.15) is 11.1 Å². The smallest absolute Gasteiger partial charge is 0.294 e. The molecule has 0 atom stereocenters. The molecule has 1 heterocycles. The molecule has 190 valence electrons. The van der Waals surface area contributed by atoms with E-state index in [-0.39, 0.29) is 33.7 Å². The molecule has 3 amide bonds. The highest BCUT2D eigenvalue weighted by atomic mass is 35.5. The monoisotopic (exact) mass is 544 g/mol. The first-order valence-electron chi connectivity index (χ1n) is 10.8. The fraction of sp³-hybridized carbons (Fsp3) is 0.115. The van der Waals surface area contributed by atoms with Crippen LogP contribution in [-0.4, -0.2) is 35.6 Å². The van der Waals surface area contributed by atoms with Crippen LogP contribution in [0.4, 0.5) is 19.3 Å². The summed E-state index contributed by atoms with van der Waals surface area (Å²) in [6.07, 6.45) is 1.43. The number of nitrogens with one attached hydrogen (secondary N) is 1. The van der Waals surface area contributed by atoms with Gasteiger partial charge in [-0.25, -0.2) is 8.78 Å². The Hall–Kier alpha value is -3.89. The number of carbonyl (C=O) groups excluding carboxylic acids is 3. The van der Waals surface area contributed by atoms with Gasteiger partial charge >= 0.3 is 0 Å². The fourth-order valence-electron chi connectivity index (χ4n) is 3.43. The summed E-state index contributed by atoms with van der Waals surface area (Å²) in [5.74, 6) is -1.86. The van der Waals surface area contributed by atoms with Crippen molar-refractivity contribution in [2.45, 2.75) is 6.61 Å². The molecule has 0 bridgehead atoms. The zero-order valence-electron chi connectivity index (χ0n) is 19.3. The van der Waals surface area contributed by atoms with Crippen molar-refractivity contribution in [3.63, 3.8) is 0 Å². The molecule has 3 aromatic rings. The number of nitrogens with zero attached hydrogens (tertiary/aromatic N) is 1. The molecule has 11 heteroatoms. The molecule has 37 heavy (non-hydrogen) atoms. The second-order valence-electron chi connectivity index (χ2n) is 7.74. The Bertz CT molecular complexity index is 1420. The maximum Gasteiger partial charge on any atom is 0.294 e. The highest BCUT2D eigenvalue weighted by Gasteiger charge is 2.36. The first-order valence-corrected chi connectivity index (χ1v) is 12.0. The standard InChI is InChI=1S/C26H19ClF2N2O5S/c1-35-21-10-15(9-19(27)24(21)36-14-16-5-2-3-8-20(16)29)11-22-25(33)31(26(34)37-22)13-23(32)30-18-7-4-6-17(28)12-18/h2-12H,13-14H2,1H3,(H,30,32)/b22-11+. The van der Waals surface area contributed by atoms with E-state index in [1.54, 1.807) is 24.3 Å². The van der Waals surface area contributed by atoms with Gasteiger partial charge in [0.1, 0.15) is 24.8 Å². The van der Waals surface area contributed by atoms with Gasteiger partial charge in [0.05, 0.1) is 17.0 Å². The molecule has 3 aromatic carbocycles. The Morgan fingerprint density at radius 3 is 2.62 bits per heavy atom. The van der Waals surface area contributed by atoms with Gasteiger partial charge in [0.25, 0.3) is 11.1 Å². The topological polar surface area (TPSA) is 84.9 Å². The summed E-state index contributed by atoms with van der Waals surface area (Å²) < 4.78 is 38.3. The quantitative estimate of drug-likeness (QED) is 0.356. The van der Waals surface area contributed by atoms with Crippen LogP contribution in [0.25, 0.3) is 6.08 Å². The van der Waals surface area contributed by atoms with Crippen molar-refractivity contribution in [3.8, 4) is 11.5 Å². The van der Waals surface area contributed by atoms with E-state index in [1.165, 1.54) is 43.5 Å². The summed E-state index contributed by atoms with van der Waals surface area (Å²) in [7, 11) is 1.40. The molecular weight excluding hydrogens is 526 g/mol. The van der Waals surface area contributed by atoms with Gasteiger partial charge < -0.3 is 14.8 Å². The van der Waals surface area contributed by atoms with Crippen LogP contribution in [-0.2, 0) is 16.2 Å². The number of anilines is 1. The molecule has 1 aliphatic rings. The first kappa shape index (κ1) is 26.2. The van der Waals surface area contributed by atoms with Crippen LogP contribution in [0, 0.1) is 11.6 Å². The van der Waals surface area contributed by atoms with Crippen molar-refractivity contribution in [2.75, 3.05) is 19.0 Å². The number of halogens is 3. The fourth-order valence-corrected chi connectivity index (χ4v) is 4.54. The zero-order chi connectivity index (χ0) is 26.5. The van der Waals surface area contributed by atoms with Gasteiger partial charge in [-0.1, -0.05) is 35.9 Å². The second-order valence-corrected chi connectivity index (χ2v) is 9.14. The van der Waals surface area contributed by atoms with E-state index in [2.05, 4.69) is 5.32 Å². The number of rotatable bonds is 8. The van der Waals surface area contributed by atoms with Crippen LogP contribution in [0.2, 0.25) is 5.02 Å². The number of thioether (sulfide) groups is 1. The molecule has 0 radical (unpaired) electrons. The lowest BCUT2D eigenvalue weighted by molar-refractivity contribution is -0.127. The van der Waals surface area contributed by atoms with Crippen molar-refractivity contribution >= 4 is 52.2 Å². The van der Waals surface area contributed by atoms with Crippen molar-refractivity contribution < 1.29 is 32.6 Å². The molecular formula is C26H19ClF2N2O5S. The predicted octanol–water partition coefficient (Wildman–Crippen LogP) is 5.88. The van der Waals surface area contributed by atoms with Crippen molar-refractivity contribution in [1.82, 2.24) is 4.90 Å². The number of imide groups is 1. The molecule has 0 saturated carbocycles. The van der Waals surface area contributed by atoms with Crippen LogP contribution >= 0.6 is 23.4 Å². The molecule has 0 aliphatic carbocycles. The van der Waals surface area contributed by atoms with Gasteiger partial charge in [-0.3, -0.25) is 19.3 Å². The van der Waals surface area contributed by atoms with E-state index < -0.39 is 35.2 Å². The number of ether oxygens (including phenoxy) is 2. The van der Waals surface area contributed by atoms with E-state index in [1.807, 2.05) is 0 Å². The maximum atomic E-state index is 13.9. The normalized spacial score (nSPS) is 14.3. The largest absolute Gasteiger partial charge is 0.493 e. The van der Waals surface area contributed by atoms with E-state index in [9.17, 15) is 23.2 Å². The highest BCUT2D eigenvalue weighted by Crippen LogP contribution is 2.39. The summed E-state index contributed by atoms with van der Waals surface area (Å²) >= 11 is 7.04. The Morgan fingerprint density at radius 2 is 1.89 bits per heavy atom. The maximum absolute atomic E-state index is 13.9. The summed E-state index contributed by atoms with van der Waals surface area (Å²) in [5, 5.41) is 1.96. The minimum atomic E-state index is -0.667. The average Bonchev–Trinajstić information content (AvgIpc) is 3.11. The molecule has 1 N–H and O–H groups in total. The third-order valence-corrected chi connectivity index (χ3v) is 6.35. The molecule has 0 aromatic heterocycles. The van der Waals surface area contributed by atoms with Gasteiger partial charge in [-0.2, -0.15) is 0 Å². The van der Waals surface area contributed by atoms with Crippen LogP contribution in [0.5, 0.6) is 11.5 Å². The number of methoxy groups -OCH3 is 1. The third kappa shape index (κ3) is 6.28. The SMILES string of the molecule is COc1cc(/C=C2/SC(=O)N(CC(=O)Nc3cccc(F)c3)C2=O)cc(Cl)c1OCc1ccccc1F. The lowest BCUT2D eigenvalue weighted by atomic mass is 10.1. The van der Waals surface area contributed by atoms with Crippen molar-refractivity contribution in [3.05, 3.63) is 93.4 Å². The highest BCUT2D eigenvalue weighted by molar-refractivity contribution is 8.18. The summed E-state index contributed by atoms with van der Waals surface area (Å²) in [6, 6.07) is 14.4. The minimum Gasteiger partial charge on any atom is -0.493 e. The lowest BCUT2D eigenvalue weighted by Crippen LogP contribution is -2.36. The number of amides is 3. The molecule has 1 aliphatic heterocycles. The van der Waals surface area contributed by atoms with Crippen molar-refractivity contribution in [2.24, 2.45) is 0 Å². The van der Waals surface area contributed by atoms with E-state index >= 15 is 0 Å². The average molecular weight is 545 g/mol.